The molecule has 0 aromatic heterocycles. The Morgan fingerprint density at radius 1 is 1.03 bits per heavy atom. The van der Waals surface area contributed by atoms with Crippen LogP contribution >= 0.6 is 0 Å². The van der Waals surface area contributed by atoms with Crippen LogP contribution in [0, 0.1) is 0 Å². The minimum Gasteiger partial charge on any atom is -0.371 e. The zero-order chi connectivity index (χ0) is 24.1. The van der Waals surface area contributed by atoms with E-state index in [2.05, 4.69) is 44.9 Å². The fourth-order valence-electron chi connectivity index (χ4n) is 5.12. The molecular weight excluding hydrogens is 445 g/mol. The van der Waals surface area contributed by atoms with Crippen LogP contribution in [0.15, 0.2) is 48.7 Å². The van der Waals surface area contributed by atoms with Crippen LogP contribution in [-0.4, -0.2) is 65.9 Å². The Kier molecular flexibility index (Phi) is 7.60. The molecule has 2 fully saturated rings. The Bertz CT molecular complexity index is 938. The summed E-state index contributed by atoms with van der Waals surface area (Å²) in [7, 11) is 0. The Hall–Kier alpha value is -2.81. The lowest BCUT2D eigenvalue weighted by Crippen LogP contribution is -2.45. The predicted molar refractivity (Wildman–Crippen MR) is 123 cm³/mol. The molecule has 1 aromatic rings. The van der Waals surface area contributed by atoms with Crippen molar-refractivity contribution in [3.8, 4) is 0 Å². The second kappa shape index (κ2) is 10.6. The predicted octanol–water partition coefficient (Wildman–Crippen LogP) is 3.32. The van der Waals surface area contributed by atoms with Gasteiger partial charge in [0.1, 0.15) is 0 Å². The molecule has 2 aliphatic heterocycles. The second-order valence-corrected chi connectivity index (χ2v) is 9.24. The first-order valence-corrected chi connectivity index (χ1v) is 11.9. The number of alkyl halides is 3. The number of nitrogens with zero attached hydrogens (tertiary/aromatic N) is 2. The number of halogens is 3. The van der Waals surface area contributed by atoms with Crippen LogP contribution in [0.1, 0.15) is 48.0 Å². The van der Waals surface area contributed by atoms with Gasteiger partial charge in [0.05, 0.1) is 12.1 Å². The van der Waals surface area contributed by atoms with Crippen molar-refractivity contribution in [3.63, 3.8) is 0 Å². The van der Waals surface area contributed by atoms with Crippen LogP contribution in [0.4, 0.5) is 13.2 Å². The van der Waals surface area contributed by atoms with E-state index in [0.717, 1.165) is 63.9 Å². The molecular formula is C25H31F3N4O2. The molecule has 1 saturated heterocycles. The Balaban J connectivity index is 1.18. The summed E-state index contributed by atoms with van der Waals surface area (Å²) in [5.41, 5.74) is -1.02. The highest BCUT2D eigenvalue weighted by Gasteiger charge is 2.33. The molecule has 2 heterocycles. The van der Waals surface area contributed by atoms with E-state index >= 15 is 0 Å². The van der Waals surface area contributed by atoms with Gasteiger partial charge in [0.15, 0.2) is 0 Å². The molecule has 0 bridgehead atoms. The maximum atomic E-state index is 12.8. The van der Waals surface area contributed by atoms with Gasteiger partial charge in [-0.05, 0) is 62.6 Å². The van der Waals surface area contributed by atoms with Gasteiger partial charge in [-0.3, -0.25) is 14.5 Å². The SMILES string of the molecule is O=C(CNC(=O)c1cccc(C(F)(F)F)c1)N[C@@H]1CCN(C2CCC(N3C=CC=CC3)CC2)C1. The number of rotatable bonds is 6. The number of carbonyl (C=O) groups is 2. The van der Waals surface area contributed by atoms with Gasteiger partial charge in [-0.15, -0.1) is 0 Å². The Morgan fingerprint density at radius 3 is 2.50 bits per heavy atom. The maximum Gasteiger partial charge on any atom is 0.416 e. The second-order valence-electron chi connectivity index (χ2n) is 9.24. The van der Waals surface area contributed by atoms with Crippen LogP contribution in [0.2, 0.25) is 0 Å². The summed E-state index contributed by atoms with van der Waals surface area (Å²) in [6.45, 7) is 2.43. The molecule has 1 saturated carbocycles. The van der Waals surface area contributed by atoms with Crippen molar-refractivity contribution in [2.45, 2.75) is 56.4 Å². The summed E-state index contributed by atoms with van der Waals surface area (Å²) >= 11 is 0. The van der Waals surface area contributed by atoms with Crippen molar-refractivity contribution < 1.29 is 22.8 Å². The third-order valence-corrected chi connectivity index (χ3v) is 6.94. The van der Waals surface area contributed by atoms with Crippen molar-refractivity contribution in [2.24, 2.45) is 0 Å². The Morgan fingerprint density at radius 2 is 1.79 bits per heavy atom. The molecule has 0 unspecified atom stereocenters. The molecule has 1 atom stereocenters. The monoisotopic (exact) mass is 476 g/mol. The van der Waals surface area contributed by atoms with Gasteiger partial charge in [0, 0.05) is 43.3 Å². The highest BCUT2D eigenvalue weighted by molar-refractivity contribution is 5.96. The fourth-order valence-corrected chi connectivity index (χ4v) is 5.12. The van der Waals surface area contributed by atoms with Crippen molar-refractivity contribution >= 4 is 11.8 Å². The molecule has 0 spiro atoms. The highest BCUT2D eigenvalue weighted by Crippen LogP contribution is 2.30. The van der Waals surface area contributed by atoms with E-state index in [1.807, 2.05) is 0 Å². The van der Waals surface area contributed by atoms with Crippen molar-refractivity contribution in [2.75, 3.05) is 26.2 Å². The topological polar surface area (TPSA) is 64.7 Å². The van der Waals surface area contributed by atoms with E-state index < -0.39 is 17.6 Å². The number of benzene rings is 1. The first kappa shape index (κ1) is 24.3. The minimum absolute atomic E-state index is 0.0193. The van der Waals surface area contributed by atoms with E-state index in [1.54, 1.807) is 0 Å². The van der Waals surface area contributed by atoms with Crippen molar-refractivity contribution in [3.05, 3.63) is 59.8 Å². The van der Waals surface area contributed by atoms with E-state index in [9.17, 15) is 22.8 Å². The van der Waals surface area contributed by atoms with Gasteiger partial charge in [-0.1, -0.05) is 18.2 Å². The van der Waals surface area contributed by atoms with E-state index in [0.29, 0.717) is 12.1 Å². The van der Waals surface area contributed by atoms with Gasteiger partial charge in [0.2, 0.25) is 5.91 Å². The van der Waals surface area contributed by atoms with Crippen LogP contribution in [0.25, 0.3) is 0 Å². The van der Waals surface area contributed by atoms with Crippen LogP contribution < -0.4 is 10.6 Å². The molecule has 3 aliphatic rings. The standard InChI is InChI=1S/C25H31F3N4O2/c26-25(27,28)19-6-4-5-18(15-19)24(34)29-16-23(33)30-20-11-14-32(17-20)22-9-7-21(8-10-22)31-12-2-1-3-13-31/h1-6,12,15,20-22H,7-11,13-14,16-17H2,(H,29,34)(H,30,33)/t20-,21?,22?/m1/s1. The molecule has 4 rings (SSSR count). The largest absolute Gasteiger partial charge is 0.416 e. The summed E-state index contributed by atoms with van der Waals surface area (Å²) in [6.07, 6.45) is 9.48. The summed E-state index contributed by atoms with van der Waals surface area (Å²) in [4.78, 5) is 29.4. The number of amides is 2. The molecule has 184 valence electrons. The first-order valence-electron chi connectivity index (χ1n) is 11.9. The zero-order valence-electron chi connectivity index (χ0n) is 19.1. The third kappa shape index (κ3) is 6.20. The smallest absolute Gasteiger partial charge is 0.371 e. The number of hydrogen-bond acceptors (Lipinski definition) is 4. The minimum atomic E-state index is -4.52. The molecule has 1 aliphatic carbocycles. The molecule has 6 nitrogen and oxygen atoms in total. The van der Waals surface area contributed by atoms with Gasteiger partial charge in [0.25, 0.3) is 5.91 Å². The van der Waals surface area contributed by atoms with Gasteiger partial charge < -0.3 is 15.5 Å². The van der Waals surface area contributed by atoms with Crippen molar-refractivity contribution in [1.29, 1.82) is 0 Å². The number of hydrogen-bond donors (Lipinski definition) is 2. The number of likely N-dealkylation sites (tertiary alicyclic amines) is 1. The molecule has 0 radical (unpaired) electrons. The molecule has 1 aromatic carbocycles. The van der Waals surface area contributed by atoms with Crippen LogP contribution in [-0.2, 0) is 11.0 Å². The van der Waals surface area contributed by atoms with E-state index in [1.165, 1.54) is 12.1 Å². The number of allylic oxidation sites excluding steroid dienone is 2. The normalized spacial score (nSPS) is 25.4. The molecule has 2 amide bonds. The summed E-state index contributed by atoms with van der Waals surface area (Å²) in [5, 5.41) is 5.37. The molecule has 34 heavy (non-hydrogen) atoms. The summed E-state index contributed by atoms with van der Waals surface area (Å²) in [6, 6.07) is 5.31. The summed E-state index contributed by atoms with van der Waals surface area (Å²) < 4.78 is 38.5. The molecule has 9 heteroatoms. The Labute approximate surface area is 197 Å². The maximum absolute atomic E-state index is 12.8. The molecule has 2 N–H and O–H groups in total. The van der Waals surface area contributed by atoms with Crippen LogP contribution in [0.5, 0.6) is 0 Å². The lowest BCUT2D eigenvalue weighted by atomic mass is 9.89. The zero-order valence-corrected chi connectivity index (χ0v) is 19.1. The van der Waals surface area contributed by atoms with Crippen molar-refractivity contribution in [1.82, 2.24) is 20.4 Å². The highest BCUT2D eigenvalue weighted by atomic mass is 19.4. The quantitative estimate of drug-likeness (QED) is 0.661. The van der Waals surface area contributed by atoms with E-state index in [-0.39, 0.29) is 24.1 Å². The number of carbonyl (C=O) groups excluding carboxylic acids is 2. The van der Waals surface area contributed by atoms with Gasteiger partial charge in [-0.2, -0.15) is 13.2 Å². The lowest BCUT2D eigenvalue weighted by Gasteiger charge is -2.39. The van der Waals surface area contributed by atoms with Crippen LogP contribution in [0.3, 0.4) is 0 Å². The first-order chi connectivity index (χ1) is 16.3. The lowest BCUT2D eigenvalue weighted by molar-refractivity contribution is -0.137. The van der Waals surface area contributed by atoms with Gasteiger partial charge >= 0.3 is 6.18 Å². The summed E-state index contributed by atoms with van der Waals surface area (Å²) in [5.74, 6) is -1.04. The average molecular weight is 477 g/mol. The average Bonchev–Trinajstić information content (AvgIpc) is 3.31. The van der Waals surface area contributed by atoms with E-state index in [4.69, 9.17) is 0 Å². The fraction of sp³-hybridized carbons (Fsp3) is 0.520. The third-order valence-electron chi connectivity index (χ3n) is 6.94. The number of nitrogens with one attached hydrogen (secondary N) is 2. The van der Waals surface area contributed by atoms with Gasteiger partial charge in [-0.25, -0.2) is 0 Å².